The zero-order valence-electron chi connectivity index (χ0n) is 10.7. The zero-order valence-corrected chi connectivity index (χ0v) is 10.7. The maximum absolute atomic E-state index is 5.86. The molecule has 0 aliphatic rings. The van der Waals surface area contributed by atoms with Gasteiger partial charge in [-0.2, -0.15) is 0 Å². The molecule has 2 unspecified atom stereocenters. The summed E-state index contributed by atoms with van der Waals surface area (Å²) >= 11 is 0. The van der Waals surface area contributed by atoms with E-state index < -0.39 is 0 Å². The highest BCUT2D eigenvalue weighted by Gasteiger charge is 2.00. The van der Waals surface area contributed by atoms with E-state index in [1.165, 1.54) is 44.9 Å². The summed E-state index contributed by atoms with van der Waals surface area (Å²) in [6, 6.07) is 0.858. The fourth-order valence-corrected chi connectivity index (χ4v) is 1.75. The molecule has 0 bridgehead atoms. The van der Waals surface area contributed by atoms with Crippen LogP contribution in [0.1, 0.15) is 71.6 Å². The van der Waals surface area contributed by atoms with Gasteiger partial charge in [0, 0.05) is 12.1 Å². The van der Waals surface area contributed by atoms with Gasteiger partial charge in [-0.15, -0.1) is 0 Å². The van der Waals surface area contributed by atoms with Gasteiger partial charge in [-0.05, 0) is 25.7 Å². The Kier molecular flexibility index (Phi) is 10.4. The Morgan fingerprint density at radius 3 is 1.33 bits per heavy atom. The van der Waals surface area contributed by atoms with Crippen molar-refractivity contribution in [1.82, 2.24) is 0 Å². The second-order valence-electron chi connectivity index (χ2n) is 4.68. The second-order valence-corrected chi connectivity index (χ2v) is 4.68. The van der Waals surface area contributed by atoms with Crippen LogP contribution in [-0.2, 0) is 0 Å². The molecule has 0 fully saturated rings. The number of unbranched alkanes of at least 4 members (excludes halogenated alkanes) is 4. The van der Waals surface area contributed by atoms with Gasteiger partial charge in [-0.25, -0.2) is 0 Å². The molecule has 0 heterocycles. The molecule has 0 aromatic carbocycles. The molecule has 0 saturated heterocycles. The Hall–Kier alpha value is -0.0800. The van der Waals surface area contributed by atoms with Gasteiger partial charge in [0.15, 0.2) is 0 Å². The van der Waals surface area contributed by atoms with Crippen LogP contribution in [0.3, 0.4) is 0 Å². The SMILES string of the molecule is CCC(N)CCCCCCCC(N)CC. The van der Waals surface area contributed by atoms with Gasteiger partial charge in [-0.1, -0.05) is 46.0 Å². The quantitative estimate of drug-likeness (QED) is 0.549. The summed E-state index contributed by atoms with van der Waals surface area (Å²) in [6.45, 7) is 4.33. The molecule has 0 aliphatic carbocycles. The van der Waals surface area contributed by atoms with Gasteiger partial charge in [-0.3, -0.25) is 0 Å². The lowest BCUT2D eigenvalue weighted by Gasteiger charge is -2.09. The molecule has 0 aliphatic heterocycles. The molecule has 4 N–H and O–H groups in total. The molecule has 0 aromatic rings. The van der Waals surface area contributed by atoms with Crippen LogP contribution in [0.15, 0.2) is 0 Å². The molecule has 92 valence electrons. The normalized spacial score (nSPS) is 15.2. The minimum atomic E-state index is 0.429. The molecule has 0 spiro atoms. The van der Waals surface area contributed by atoms with Gasteiger partial charge >= 0.3 is 0 Å². The van der Waals surface area contributed by atoms with Crippen LogP contribution < -0.4 is 11.5 Å². The Morgan fingerprint density at radius 1 is 0.667 bits per heavy atom. The van der Waals surface area contributed by atoms with E-state index in [1.807, 2.05) is 0 Å². The minimum Gasteiger partial charge on any atom is -0.328 e. The van der Waals surface area contributed by atoms with Gasteiger partial charge in [0.05, 0.1) is 0 Å². The van der Waals surface area contributed by atoms with Crippen molar-refractivity contribution in [2.75, 3.05) is 0 Å². The number of hydrogen-bond acceptors (Lipinski definition) is 2. The first-order valence-electron chi connectivity index (χ1n) is 6.71. The molecule has 0 amide bonds. The first kappa shape index (κ1) is 14.9. The summed E-state index contributed by atoms with van der Waals surface area (Å²) in [5.41, 5.74) is 11.7. The van der Waals surface area contributed by atoms with Crippen molar-refractivity contribution < 1.29 is 0 Å². The van der Waals surface area contributed by atoms with Crippen LogP contribution in [0.4, 0.5) is 0 Å². The Morgan fingerprint density at radius 2 is 1.00 bits per heavy atom. The molecule has 0 aromatic heterocycles. The molecule has 15 heavy (non-hydrogen) atoms. The fourth-order valence-electron chi connectivity index (χ4n) is 1.75. The smallest absolute Gasteiger partial charge is 0.00362 e. The van der Waals surface area contributed by atoms with Crippen molar-refractivity contribution in [3.63, 3.8) is 0 Å². The standard InChI is InChI=1S/C13H30N2/c1-3-12(14)10-8-6-5-7-9-11-13(15)4-2/h12-13H,3-11,14-15H2,1-2H3. The predicted octanol–water partition coefficient (Wildman–Crippen LogP) is 3.19. The molecule has 2 heteroatoms. The number of hydrogen-bond donors (Lipinski definition) is 2. The van der Waals surface area contributed by atoms with Crippen LogP contribution in [0.2, 0.25) is 0 Å². The summed E-state index contributed by atoms with van der Waals surface area (Å²) < 4.78 is 0. The highest BCUT2D eigenvalue weighted by molar-refractivity contribution is 4.60. The van der Waals surface area contributed by atoms with E-state index in [4.69, 9.17) is 11.5 Å². The van der Waals surface area contributed by atoms with Crippen molar-refractivity contribution in [2.45, 2.75) is 83.7 Å². The summed E-state index contributed by atoms with van der Waals surface area (Å²) in [5, 5.41) is 0. The summed E-state index contributed by atoms with van der Waals surface area (Å²) in [7, 11) is 0. The minimum absolute atomic E-state index is 0.429. The predicted molar refractivity (Wildman–Crippen MR) is 68.9 cm³/mol. The number of rotatable bonds is 10. The second kappa shape index (κ2) is 10.4. The van der Waals surface area contributed by atoms with E-state index in [0.717, 1.165) is 12.8 Å². The van der Waals surface area contributed by atoms with Gasteiger partial charge in [0.1, 0.15) is 0 Å². The van der Waals surface area contributed by atoms with E-state index >= 15 is 0 Å². The van der Waals surface area contributed by atoms with Crippen LogP contribution in [0.5, 0.6) is 0 Å². The number of nitrogens with two attached hydrogens (primary N) is 2. The van der Waals surface area contributed by atoms with Crippen LogP contribution in [0, 0.1) is 0 Å². The molecule has 2 atom stereocenters. The lowest BCUT2D eigenvalue weighted by atomic mass is 10.0. The summed E-state index contributed by atoms with van der Waals surface area (Å²) in [5.74, 6) is 0. The van der Waals surface area contributed by atoms with Crippen LogP contribution >= 0.6 is 0 Å². The van der Waals surface area contributed by atoms with Gasteiger partial charge < -0.3 is 11.5 Å². The molecular formula is C13H30N2. The van der Waals surface area contributed by atoms with Crippen molar-refractivity contribution in [3.8, 4) is 0 Å². The Labute approximate surface area is 95.8 Å². The van der Waals surface area contributed by atoms with E-state index in [1.54, 1.807) is 0 Å². The average Bonchev–Trinajstić information content (AvgIpc) is 2.26. The first-order valence-corrected chi connectivity index (χ1v) is 6.71. The molecule has 0 saturated carbocycles. The lowest BCUT2D eigenvalue weighted by molar-refractivity contribution is 0.503. The van der Waals surface area contributed by atoms with Crippen molar-refractivity contribution in [1.29, 1.82) is 0 Å². The third kappa shape index (κ3) is 10.2. The molecule has 2 nitrogen and oxygen atoms in total. The molecular weight excluding hydrogens is 184 g/mol. The van der Waals surface area contributed by atoms with Gasteiger partial charge in [0.25, 0.3) is 0 Å². The molecule has 0 rings (SSSR count). The fraction of sp³-hybridized carbons (Fsp3) is 1.00. The average molecular weight is 214 g/mol. The third-order valence-corrected chi connectivity index (χ3v) is 3.20. The van der Waals surface area contributed by atoms with Crippen LogP contribution in [-0.4, -0.2) is 12.1 Å². The third-order valence-electron chi connectivity index (χ3n) is 3.20. The van der Waals surface area contributed by atoms with E-state index in [2.05, 4.69) is 13.8 Å². The summed E-state index contributed by atoms with van der Waals surface area (Å²) in [4.78, 5) is 0. The van der Waals surface area contributed by atoms with E-state index in [9.17, 15) is 0 Å². The zero-order chi connectivity index (χ0) is 11.5. The van der Waals surface area contributed by atoms with Crippen molar-refractivity contribution in [3.05, 3.63) is 0 Å². The highest BCUT2D eigenvalue weighted by atomic mass is 14.6. The van der Waals surface area contributed by atoms with Crippen molar-refractivity contribution in [2.24, 2.45) is 11.5 Å². The van der Waals surface area contributed by atoms with E-state index in [-0.39, 0.29) is 0 Å². The topological polar surface area (TPSA) is 52.0 Å². The largest absolute Gasteiger partial charge is 0.328 e. The Balaban J connectivity index is 3.05. The first-order chi connectivity index (χ1) is 7.20. The van der Waals surface area contributed by atoms with Crippen molar-refractivity contribution >= 4 is 0 Å². The summed E-state index contributed by atoms with van der Waals surface area (Å²) in [6.07, 6.45) is 11.3. The van der Waals surface area contributed by atoms with Gasteiger partial charge in [0.2, 0.25) is 0 Å². The highest BCUT2D eigenvalue weighted by Crippen LogP contribution is 2.10. The maximum atomic E-state index is 5.86. The Bertz CT molecular complexity index is 112. The van der Waals surface area contributed by atoms with E-state index in [0.29, 0.717) is 12.1 Å². The maximum Gasteiger partial charge on any atom is 0.00362 e. The van der Waals surface area contributed by atoms with Crippen LogP contribution in [0.25, 0.3) is 0 Å². The monoisotopic (exact) mass is 214 g/mol. The lowest BCUT2D eigenvalue weighted by Crippen LogP contribution is -2.18. The molecule has 0 radical (unpaired) electrons.